The molecule has 5 nitrogen and oxygen atoms in total. The Labute approximate surface area is 126 Å². The van der Waals surface area contributed by atoms with Gasteiger partial charge in [0.2, 0.25) is 0 Å². The molecule has 2 rings (SSSR count). The molecule has 0 unspecified atom stereocenters. The number of phenolic OH excluding ortho intramolecular Hbond substituents is 1. The SMILES string of the molecule is C=CC[C@H](c1c(OC)cc(O)cc1OC)N1CCNCC1. The number of benzene rings is 1. The Balaban J connectivity index is 2.44. The average molecular weight is 292 g/mol. The molecule has 1 atom stereocenters. The van der Waals surface area contributed by atoms with Crippen LogP contribution in [0.1, 0.15) is 18.0 Å². The summed E-state index contributed by atoms with van der Waals surface area (Å²) < 4.78 is 10.9. The number of nitrogens with zero attached hydrogens (tertiary/aromatic N) is 1. The van der Waals surface area contributed by atoms with Crippen LogP contribution in [0.5, 0.6) is 17.2 Å². The van der Waals surface area contributed by atoms with E-state index in [-0.39, 0.29) is 11.8 Å². The molecule has 1 heterocycles. The van der Waals surface area contributed by atoms with Crippen molar-refractivity contribution in [1.82, 2.24) is 10.2 Å². The van der Waals surface area contributed by atoms with Crippen molar-refractivity contribution in [3.63, 3.8) is 0 Å². The fourth-order valence-electron chi connectivity index (χ4n) is 2.85. The molecule has 2 N–H and O–H groups in total. The van der Waals surface area contributed by atoms with Crippen molar-refractivity contribution in [2.45, 2.75) is 12.5 Å². The zero-order chi connectivity index (χ0) is 15.2. The first-order valence-corrected chi connectivity index (χ1v) is 7.21. The van der Waals surface area contributed by atoms with E-state index in [1.165, 1.54) is 0 Å². The maximum Gasteiger partial charge on any atom is 0.131 e. The second-order valence-corrected chi connectivity index (χ2v) is 5.09. The second kappa shape index (κ2) is 7.33. The molecule has 0 spiro atoms. The molecule has 1 aliphatic heterocycles. The first-order chi connectivity index (χ1) is 10.2. The summed E-state index contributed by atoms with van der Waals surface area (Å²) in [5.41, 5.74) is 0.972. The standard InChI is InChI=1S/C16H24N2O3/c1-4-5-13(18-8-6-17-7-9-18)16-14(20-2)10-12(19)11-15(16)21-3/h4,10-11,13,17,19H,1,5-9H2,2-3H3/t13-/m1/s1. The third kappa shape index (κ3) is 3.49. The number of rotatable bonds is 6. The molecule has 1 fully saturated rings. The number of hydrogen-bond donors (Lipinski definition) is 2. The molecule has 0 radical (unpaired) electrons. The Morgan fingerprint density at radius 3 is 2.33 bits per heavy atom. The minimum absolute atomic E-state index is 0.134. The molecule has 5 heteroatoms. The number of hydrogen-bond acceptors (Lipinski definition) is 5. The number of aromatic hydroxyl groups is 1. The lowest BCUT2D eigenvalue weighted by Gasteiger charge is -2.36. The van der Waals surface area contributed by atoms with Crippen LogP contribution in [0, 0.1) is 0 Å². The number of piperazine rings is 1. The largest absolute Gasteiger partial charge is 0.508 e. The maximum atomic E-state index is 9.80. The highest BCUT2D eigenvalue weighted by Gasteiger charge is 2.27. The van der Waals surface area contributed by atoms with Gasteiger partial charge in [-0.2, -0.15) is 0 Å². The predicted molar refractivity (Wildman–Crippen MR) is 83.2 cm³/mol. The molecule has 1 saturated heterocycles. The van der Waals surface area contributed by atoms with Gasteiger partial charge in [-0.15, -0.1) is 6.58 Å². The van der Waals surface area contributed by atoms with E-state index in [2.05, 4.69) is 16.8 Å². The smallest absolute Gasteiger partial charge is 0.131 e. The van der Waals surface area contributed by atoms with Gasteiger partial charge in [0.1, 0.15) is 17.2 Å². The van der Waals surface area contributed by atoms with Crippen LogP contribution >= 0.6 is 0 Å². The molecule has 116 valence electrons. The van der Waals surface area contributed by atoms with Gasteiger partial charge < -0.3 is 19.9 Å². The summed E-state index contributed by atoms with van der Waals surface area (Å²) in [5, 5.41) is 13.2. The summed E-state index contributed by atoms with van der Waals surface area (Å²) >= 11 is 0. The second-order valence-electron chi connectivity index (χ2n) is 5.09. The first-order valence-electron chi connectivity index (χ1n) is 7.21. The van der Waals surface area contributed by atoms with Gasteiger partial charge in [-0.25, -0.2) is 0 Å². The van der Waals surface area contributed by atoms with E-state index >= 15 is 0 Å². The average Bonchev–Trinajstić information content (AvgIpc) is 2.53. The lowest BCUT2D eigenvalue weighted by atomic mass is 9.98. The third-order valence-corrected chi connectivity index (χ3v) is 3.84. The minimum atomic E-state index is 0.134. The fraction of sp³-hybridized carbons (Fsp3) is 0.500. The van der Waals surface area contributed by atoms with E-state index in [9.17, 15) is 5.11 Å². The van der Waals surface area contributed by atoms with Crippen molar-refractivity contribution in [3.05, 3.63) is 30.4 Å². The van der Waals surface area contributed by atoms with Crippen molar-refractivity contribution in [3.8, 4) is 17.2 Å². The van der Waals surface area contributed by atoms with Crippen LogP contribution in [-0.4, -0.2) is 50.4 Å². The van der Waals surface area contributed by atoms with Crippen molar-refractivity contribution in [1.29, 1.82) is 0 Å². The zero-order valence-corrected chi connectivity index (χ0v) is 12.8. The Bertz CT molecular complexity index is 459. The number of methoxy groups -OCH3 is 2. The van der Waals surface area contributed by atoms with E-state index in [1.54, 1.807) is 26.4 Å². The van der Waals surface area contributed by atoms with Gasteiger partial charge in [0.25, 0.3) is 0 Å². The van der Waals surface area contributed by atoms with Crippen molar-refractivity contribution >= 4 is 0 Å². The van der Waals surface area contributed by atoms with Crippen LogP contribution in [0.4, 0.5) is 0 Å². The Morgan fingerprint density at radius 1 is 1.29 bits per heavy atom. The summed E-state index contributed by atoms with van der Waals surface area (Å²) in [5.74, 6) is 1.44. The molecule has 0 aliphatic carbocycles. The minimum Gasteiger partial charge on any atom is -0.508 e. The first kappa shape index (κ1) is 15.7. The summed E-state index contributed by atoms with van der Waals surface area (Å²) in [6.07, 6.45) is 2.72. The molecule has 21 heavy (non-hydrogen) atoms. The quantitative estimate of drug-likeness (QED) is 0.785. The molecular formula is C16H24N2O3. The van der Waals surface area contributed by atoms with Crippen molar-refractivity contribution in [2.24, 2.45) is 0 Å². The normalized spacial score (nSPS) is 17.2. The van der Waals surface area contributed by atoms with Gasteiger partial charge in [0, 0.05) is 44.4 Å². The van der Waals surface area contributed by atoms with E-state index in [1.807, 2.05) is 6.08 Å². The molecule has 0 aromatic heterocycles. The van der Waals surface area contributed by atoms with Crippen LogP contribution in [-0.2, 0) is 0 Å². The molecule has 1 aromatic rings. The van der Waals surface area contributed by atoms with E-state index < -0.39 is 0 Å². The molecule has 0 saturated carbocycles. The lowest BCUT2D eigenvalue weighted by Crippen LogP contribution is -2.45. The van der Waals surface area contributed by atoms with Crippen molar-refractivity contribution in [2.75, 3.05) is 40.4 Å². The lowest BCUT2D eigenvalue weighted by molar-refractivity contribution is 0.168. The highest BCUT2D eigenvalue weighted by molar-refractivity contribution is 5.52. The van der Waals surface area contributed by atoms with E-state index in [0.29, 0.717) is 11.5 Å². The predicted octanol–water partition coefficient (Wildman–Crippen LogP) is 1.93. The van der Waals surface area contributed by atoms with Gasteiger partial charge in [-0.3, -0.25) is 4.90 Å². The van der Waals surface area contributed by atoms with E-state index in [4.69, 9.17) is 9.47 Å². The summed E-state index contributed by atoms with van der Waals surface area (Å²) in [7, 11) is 3.22. The van der Waals surface area contributed by atoms with Crippen LogP contribution in [0.15, 0.2) is 24.8 Å². The summed E-state index contributed by atoms with van der Waals surface area (Å²) in [4.78, 5) is 2.40. The Morgan fingerprint density at radius 2 is 1.86 bits per heavy atom. The summed E-state index contributed by atoms with van der Waals surface area (Å²) in [6.45, 7) is 7.74. The monoisotopic (exact) mass is 292 g/mol. The van der Waals surface area contributed by atoms with Crippen LogP contribution < -0.4 is 14.8 Å². The number of nitrogens with one attached hydrogen (secondary N) is 1. The highest BCUT2D eigenvalue weighted by Crippen LogP contribution is 2.41. The number of phenols is 1. The highest BCUT2D eigenvalue weighted by atomic mass is 16.5. The van der Waals surface area contributed by atoms with Gasteiger partial charge in [0.05, 0.1) is 19.8 Å². The fourth-order valence-corrected chi connectivity index (χ4v) is 2.85. The van der Waals surface area contributed by atoms with Gasteiger partial charge in [-0.1, -0.05) is 6.08 Å². The molecule has 1 aliphatic rings. The van der Waals surface area contributed by atoms with Gasteiger partial charge in [-0.05, 0) is 6.42 Å². The van der Waals surface area contributed by atoms with Crippen LogP contribution in [0.2, 0.25) is 0 Å². The number of ether oxygens (including phenoxy) is 2. The molecule has 1 aromatic carbocycles. The van der Waals surface area contributed by atoms with Crippen LogP contribution in [0.3, 0.4) is 0 Å². The van der Waals surface area contributed by atoms with E-state index in [0.717, 1.165) is 38.2 Å². The molecule has 0 bridgehead atoms. The molecular weight excluding hydrogens is 268 g/mol. The topological polar surface area (TPSA) is 54.0 Å². The third-order valence-electron chi connectivity index (χ3n) is 3.84. The zero-order valence-electron chi connectivity index (χ0n) is 12.8. The summed E-state index contributed by atoms with van der Waals surface area (Å²) in [6, 6.07) is 3.40. The maximum absolute atomic E-state index is 9.80. The van der Waals surface area contributed by atoms with Gasteiger partial charge >= 0.3 is 0 Å². The Hall–Kier alpha value is -1.72. The van der Waals surface area contributed by atoms with Gasteiger partial charge in [0.15, 0.2) is 0 Å². The van der Waals surface area contributed by atoms with Crippen LogP contribution in [0.25, 0.3) is 0 Å². The molecule has 0 amide bonds. The Kier molecular flexibility index (Phi) is 5.47. The van der Waals surface area contributed by atoms with Crippen molar-refractivity contribution < 1.29 is 14.6 Å².